The van der Waals surface area contributed by atoms with Crippen LogP contribution in [-0.2, 0) is 11.3 Å². The van der Waals surface area contributed by atoms with Gasteiger partial charge in [0.05, 0.1) is 37.0 Å². The number of nitrogens with zero attached hydrogens (tertiary/aromatic N) is 3. The summed E-state index contributed by atoms with van der Waals surface area (Å²) < 4.78 is 33.1. The van der Waals surface area contributed by atoms with E-state index in [-0.39, 0.29) is 54.6 Å². The number of amides is 3. The van der Waals surface area contributed by atoms with Crippen molar-refractivity contribution >= 4 is 17.8 Å². The zero-order valence-corrected chi connectivity index (χ0v) is 21.4. The normalized spacial score (nSPS) is 20.4. The number of hydrogen-bond acceptors (Lipinski definition) is 7. The molecule has 12 heteroatoms. The minimum atomic E-state index is -1.02. The van der Waals surface area contributed by atoms with Crippen molar-refractivity contribution < 1.29 is 23.1 Å². The van der Waals surface area contributed by atoms with Crippen LogP contribution in [0.4, 0.5) is 19.4 Å². The second-order valence-corrected chi connectivity index (χ2v) is 9.70. The molecule has 40 heavy (non-hydrogen) atoms. The lowest BCUT2D eigenvalue weighted by molar-refractivity contribution is 0.0137. The van der Waals surface area contributed by atoms with E-state index < -0.39 is 23.6 Å². The zero-order valence-electron chi connectivity index (χ0n) is 21.4. The van der Waals surface area contributed by atoms with E-state index >= 15 is 0 Å². The number of ether oxygens (including phenoxy) is 1. The van der Waals surface area contributed by atoms with Crippen LogP contribution in [0.1, 0.15) is 52.6 Å². The van der Waals surface area contributed by atoms with E-state index in [0.29, 0.717) is 12.0 Å². The predicted octanol–water partition coefficient (Wildman–Crippen LogP) is 3.33. The smallest absolute Gasteiger partial charge is 0.315 e. The number of halogens is 2. The average Bonchev–Trinajstić information content (AvgIpc) is 3.35. The van der Waals surface area contributed by atoms with Gasteiger partial charge in [0.2, 0.25) is 0 Å². The molecular formula is C28H27F2N7O3. The van der Waals surface area contributed by atoms with Crippen molar-refractivity contribution in [2.75, 3.05) is 11.9 Å². The molecule has 0 bridgehead atoms. The summed E-state index contributed by atoms with van der Waals surface area (Å²) in [6.07, 6.45) is 3.47. The molecule has 1 saturated heterocycles. The Morgan fingerprint density at radius 1 is 1.12 bits per heavy atom. The Labute approximate surface area is 229 Å². The Hall–Kier alpha value is -4.63. The van der Waals surface area contributed by atoms with Gasteiger partial charge in [0.25, 0.3) is 5.91 Å². The maximum atomic E-state index is 13.6. The third-order valence-electron chi connectivity index (χ3n) is 6.99. The lowest BCUT2D eigenvalue weighted by Gasteiger charge is -2.32. The highest BCUT2D eigenvalue weighted by molar-refractivity contribution is 5.96. The molecule has 4 atom stereocenters. The molecule has 1 aromatic heterocycles. The van der Waals surface area contributed by atoms with Crippen LogP contribution < -0.4 is 21.3 Å². The number of anilines is 1. The number of carbonyl (C=O) groups excluding carboxylic acids is 2. The van der Waals surface area contributed by atoms with Crippen molar-refractivity contribution in [1.82, 2.24) is 25.9 Å². The summed E-state index contributed by atoms with van der Waals surface area (Å²) in [7, 11) is 0. The predicted molar refractivity (Wildman–Crippen MR) is 140 cm³/mol. The Balaban J connectivity index is 1.32. The van der Waals surface area contributed by atoms with Crippen molar-refractivity contribution in [3.63, 3.8) is 0 Å². The quantitative estimate of drug-likeness (QED) is 0.322. The van der Waals surface area contributed by atoms with E-state index in [1.165, 1.54) is 12.3 Å². The summed E-state index contributed by atoms with van der Waals surface area (Å²) in [6, 6.07) is 14.2. The largest absolute Gasteiger partial charge is 0.376 e. The molecular weight excluding hydrogens is 520 g/mol. The van der Waals surface area contributed by atoms with E-state index in [9.17, 15) is 23.6 Å². The molecule has 1 aliphatic carbocycles. The van der Waals surface area contributed by atoms with Crippen LogP contribution in [-0.4, -0.2) is 46.7 Å². The first kappa shape index (κ1) is 27.0. The second kappa shape index (κ2) is 12.0. The molecule has 3 aromatic rings. The molecule has 2 heterocycles. The van der Waals surface area contributed by atoms with Gasteiger partial charge in [-0.05, 0) is 42.5 Å². The first-order chi connectivity index (χ1) is 19.4. The maximum Gasteiger partial charge on any atom is 0.315 e. The number of carbonyl (C=O) groups is 2. The van der Waals surface area contributed by atoms with Gasteiger partial charge in [0.1, 0.15) is 6.07 Å². The molecule has 206 valence electrons. The minimum absolute atomic E-state index is 0.0173. The van der Waals surface area contributed by atoms with E-state index in [2.05, 4.69) is 31.2 Å². The van der Waals surface area contributed by atoms with Crippen LogP contribution in [0.5, 0.6) is 0 Å². The van der Waals surface area contributed by atoms with Crippen LogP contribution in [0, 0.1) is 23.0 Å². The third-order valence-corrected chi connectivity index (χ3v) is 6.99. The summed E-state index contributed by atoms with van der Waals surface area (Å²) in [4.78, 5) is 33.2. The number of benzene rings is 2. The SMILES string of the molecule is N#Cc1cnc(N[C@@H](COC2CCC3NC(=O)NC3C2)c2ccccc2)c(C(=O)NCc2ccc(F)c(F)c2)n1. The van der Waals surface area contributed by atoms with Crippen molar-refractivity contribution in [1.29, 1.82) is 5.26 Å². The summed E-state index contributed by atoms with van der Waals surface area (Å²) in [5.41, 5.74) is 1.05. The molecule has 2 aliphatic rings. The number of aromatic nitrogens is 2. The summed E-state index contributed by atoms with van der Waals surface area (Å²) in [5, 5.41) is 21.1. The standard InChI is InChI=1S/C28H27F2N7O3/c29-20-8-6-16(10-21(20)30)13-33-27(38)25-26(32-14-18(12-31)34-25)35-24(17-4-2-1-3-5-17)15-40-19-7-9-22-23(11-19)37-28(39)36-22/h1-6,8,10,14,19,22-24H,7,9,11,13,15H2,(H,32,35)(H,33,38)(H2,36,37,39)/t19?,22?,23?,24-/m0/s1. The highest BCUT2D eigenvalue weighted by atomic mass is 19.2. The topological polar surface area (TPSA) is 141 Å². The van der Waals surface area contributed by atoms with Gasteiger partial charge in [-0.2, -0.15) is 5.26 Å². The Morgan fingerprint density at radius 2 is 1.93 bits per heavy atom. The molecule has 3 unspecified atom stereocenters. The second-order valence-electron chi connectivity index (χ2n) is 9.70. The van der Waals surface area contributed by atoms with Crippen molar-refractivity contribution in [2.45, 2.75) is 50.0 Å². The first-order valence-corrected chi connectivity index (χ1v) is 12.9. The fourth-order valence-electron chi connectivity index (χ4n) is 4.92. The number of hydrogen-bond donors (Lipinski definition) is 4. The fourth-order valence-corrected chi connectivity index (χ4v) is 4.92. The van der Waals surface area contributed by atoms with Gasteiger partial charge < -0.3 is 26.0 Å². The van der Waals surface area contributed by atoms with E-state index in [1.807, 2.05) is 36.4 Å². The first-order valence-electron chi connectivity index (χ1n) is 12.9. The number of fused-ring (bicyclic) bond motifs is 1. The van der Waals surface area contributed by atoms with Gasteiger partial charge in [-0.25, -0.2) is 23.5 Å². The van der Waals surface area contributed by atoms with Gasteiger partial charge in [-0.1, -0.05) is 36.4 Å². The molecule has 1 saturated carbocycles. The lowest BCUT2D eigenvalue weighted by Crippen LogP contribution is -2.42. The zero-order chi connectivity index (χ0) is 28.1. The van der Waals surface area contributed by atoms with Gasteiger partial charge in [0.15, 0.2) is 28.8 Å². The highest BCUT2D eigenvalue weighted by Crippen LogP contribution is 2.27. The number of rotatable bonds is 9. The third kappa shape index (κ3) is 6.32. The van der Waals surface area contributed by atoms with Gasteiger partial charge in [-0.15, -0.1) is 0 Å². The maximum absolute atomic E-state index is 13.6. The van der Waals surface area contributed by atoms with E-state index in [4.69, 9.17) is 4.74 Å². The molecule has 4 N–H and O–H groups in total. The highest BCUT2D eigenvalue weighted by Gasteiger charge is 2.37. The summed E-state index contributed by atoms with van der Waals surface area (Å²) >= 11 is 0. The molecule has 1 aliphatic heterocycles. The molecule has 2 aromatic carbocycles. The molecule has 10 nitrogen and oxygen atoms in total. The molecule has 0 spiro atoms. The van der Waals surface area contributed by atoms with Gasteiger partial charge >= 0.3 is 6.03 Å². The van der Waals surface area contributed by atoms with E-state index in [1.54, 1.807) is 0 Å². The summed E-state index contributed by atoms with van der Waals surface area (Å²) in [6.45, 7) is 0.152. The van der Waals surface area contributed by atoms with Crippen LogP contribution in [0.3, 0.4) is 0 Å². The Morgan fingerprint density at radius 3 is 2.70 bits per heavy atom. The van der Waals surface area contributed by atoms with Crippen molar-refractivity contribution in [2.24, 2.45) is 0 Å². The van der Waals surface area contributed by atoms with Crippen molar-refractivity contribution in [3.05, 3.63) is 88.9 Å². The Kier molecular flexibility index (Phi) is 8.12. The summed E-state index contributed by atoms with van der Waals surface area (Å²) in [5.74, 6) is -2.52. The molecule has 2 fully saturated rings. The van der Waals surface area contributed by atoms with Crippen LogP contribution in [0.15, 0.2) is 54.7 Å². The van der Waals surface area contributed by atoms with Crippen LogP contribution >= 0.6 is 0 Å². The number of nitrogens with one attached hydrogen (secondary N) is 4. The lowest BCUT2D eigenvalue weighted by atomic mass is 9.89. The molecule has 5 rings (SSSR count). The fraction of sp³-hybridized carbons (Fsp3) is 0.321. The minimum Gasteiger partial charge on any atom is -0.376 e. The van der Waals surface area contributed by atoms with Gasteiger partial charge in [0, 0.05) is 6.54 Å². The van der Waals surface area contributed by atoms with Crippen molar-refractivity contribution in [3.8, 4) is 6.07 Å². The average molecular weight is 548 g/mol. The van der Waals surface area contributed by atoms with Gasteiger partial charge in [-0.3, -0.25) is 4.79 Å². The molecule has 3 amide bonds. The monoisotopic (exact) mass is 547 g/mol. The van der Waals surface area contributed by atoms with Crippen LogP contribution in [0.25, 0.3) is 0 Å². The number of urea groups is 1. The number of nitriles is 1. The van der Waals surface area contributed by atoms with E-state index in [0.717, 1.165) is 30.5 Å². The Bertz CT molecular complexity index is 1430. The van der Waals surface area contributed by atoms with Crippen LogP contribution in [0.2, 0.25) is 0 Å². The molecule has 0 radical (unpaired) electrons.